The number of halogens is 2. The van der Waals surface area contributed by atoms with Crippen molar-refractivity contribution in [2.24, 2.45) is 5.92 Å². The van der Waals surface area contributed by atoms with Gasteiger partial charge in [-0.2, -0.15) is 0 Å². The van der Waals surface area contributed by atoms with Gasteiger partial charge in [-0.05, 0) is 81.3 Å². The fraction of sp³-hybridized carbons (Fsp3) is 0.667. The first kappa shape index (κ1) is 31.3. The molecule has 6 rings (SSSR count). The van der Waals surface area contributed by atoms with Gasteiger partial charge in [0.15, 0.2) is 11.0 Å². The Kier molecular flexibility index (Phi) is 8.09. The van der Waals surface area contributed by atoms with Crippen molar-refractivity contribution in [3.05, 3.63) is 17.2 Å². The molecule has 4 fully saturated rings. The van der Waals surface area contributed by atoms with Gasteiger partial charge >= 0.3 is 12.2 Å². The summed E-state index contributed by atoms with van der Waals surface area (Å²) in [5.41, 5.74) is 5.33. The molecule has 43 heavy (non-hydrogen) atoms. The normalized spacial score (nSPS) is 24.6. The van der Waals surface area contributed by atoms with Crippen LogP contribution in [0, 0.1) is 11.7 Å². The number of likely N-dealkylation sites (N-methyl/N-ethyl adjacent to an activating group) is 1. The molecule has 5 heterocycles. The van der Waals surface area contributed by atoms with Crippen molar-refractivity contribution < 1.29 is 28.2 Å². The highest BCUT2D eigenvalue weighted by molar-refractivity contribution is 6.30. The van der Waals surface area contributed by atoms with Gasteiger partial charge < -0.3 is 24.8 Å². The standard InChI is InChI=1S/C30H42ClFN6O5/c1-15(18-10-9-11-36(18)8)41-26-21(33)24(17-13-34-25(31)20(32)22(17)35-26)38(28(40)43-30(5,6)7)23-16-12-19(23)37(14-16)27(39)42-29(2,3)4/h13,15-16,18-19,23H,9-12,14,33H2,1-8H3/t15-,16?,18-,19?,23?/m0/s1. The Hall–Kier alpha value is -3.12. The summed E-state index contributed by atoms with van der Waals surface area (Å²) in [6.07, 6.45) is 2.49. The number of carbonyl (C=O) groups excluding carboxylic acids is 2. The number of amides is 2. The average Bonchev–Trinajstić information content (AvgIpc) is 3.59. The van der Waals surface area contributed by atoms with Crippen molar-refractivity contribution in [1.82, 2.24) is 19.8 Å². The number of aromatic nitrogens is 2. The first-order valence-electron chi connectivity index (χ1n) is 14.8. The lowest BCUT2D eigenvalue weighted by Crippen LogP contribution is -2.59. The largest absolute Gasteiger partial charge is 0.471 e. The molecule has 0 aromatic carbocycles. The number of fused-ring (bicyclic) bond motifs is 2. The summed E-state index contributed by atoms with van der Waals surface area (Å²) in [6.45, 7) is 13.9. The summed E-state index contributed by atoms with van der Waals surface area (Å²) < 4.78 is 33.4. The number of rotatable bonds is 5. The third-order valence-electron chi connectivity index (χ3n) is 8.33. The fourth-order valence-electron chi connectivity index (χ4n) is 6.45. The summed E-state index contributed by atoms with van der Waals surface area (Å²) >= 11 is 6.09. The summed E-state index contributed by atoms with van der Waals surface area (Å²) in [4.78, 5) is 40.9. The van der Waals surface area contributed by atoms with Crippen LogP contribution in [0.4, 0.5) is 25.4 Å². The van der Waals surface area contributed by atoms with Crippen molar-refractivity contribution in [2.75, 3.05) is 30.8 Å². The predicted molar refractivity (Wildman–Crippen MR) is 162 cm³/mol. The van der Waals surface area contributed by atoms with E-state index in [1.165, 1.54) is 11.1 Å². The van der Waals surface area contributed by atoms with Crippen molar-refractivity contribution in [3.8, 4) is 5.88 Å². The molecule has 0 radical (unpaired) electrons. The first-order chi connectivity index (χ1) is 20.0. The molecule has 4 aliphatic rings. The second-order valence-electron chi connectivity index (χ2n) is 13.9. The van der Waals surface area contributed by atoms with E-state index in [-0.39, 0.29) is 57.4 Å². The molecule has 13 heteroatoms. The molecule has 1 aliphatic carbocycles. The van der Waals surface area contributed by atoms with E-state index in [4.69, 9.17) is 31.5 Å². The third-order valence-corrected chi connectivity index (χ3v) is 8.60. The fourth-order valence-corrected chi connectivity index (χ4v) is 6.59. The van der Waals surface area contributed by atoms with Gasteiger partial charge in [0.25, 0.3) is 0 Å². The number of likely N-dealkylation sites (tertiary alicyclic amines) is 1. The van der Waals surface area contributed by atoms with E-state index in [0.717, 1.165) is 19.4 Å². The maximum absolute atomic E-state index is 15.5. The van der Waals surface area contributed by atoms with Crippen LogP contribution in [-0.2, 0) is 9.47 Å². The summed E-state index contributed by atoms with van der Waals surface area (Å²) in [6, 6.07) is -0.770. The van der Waals surface area contributed by atoms with Crippen LogP contribution in [-0.4, -0.2) is 87.5 Å². The topological polar surface area (TPSA) is 123 Å². The van der Waals surface area contributed by atoms with Gasteiger partial charge in [0.05, 0.1) is 17.8 Å². The van der Waals surface area contributed by atoms with E-state index >= 15 is 4.39 Å². The lowest BCUT2D eigenvalue weighted by Gasteiger charge is -2.44. The van der Waals surface area contributed by atoms with E-state index in [9.17, 15) is 9.59 Å². The molecule has 5 atom stereocenters. The van der Waals surface area contributed by atoms with Gasteiger partial charge in [0.1, 0.15) is 28.5 Å². The van der Waals surface area contributed by atoms with Crippen molar-refractivity contribution >= 4 is 46.1 Å². The van der Waals surface area contributed by atoms with Gasteiger partial charge in [0, 0.05) is 30.1 Å². The summed E-state index contributed by atoms with van der Waals surface area (Å²) in [5.74, 6) is -0.958. The number of hydrogen-bond acceptors (Lipinski definition) is 9. The third kappa shape index (κ3) is 6.00. The minimum absolute atomic E-state index is 0.0132. The van der Waals surface area contributed by atoms with Gasteiger partial charge in [-0.25, -0.2) is 23.9 Å². The lowest BCUT2D eigenvalue weighted by atomic mass is 9.78. The van der Waals surface area contributed by atoms with Crippen LogP contribution >= 0.6 is 11.6 Å². The zero-order valence-corrected chi connectivity index (χ0v) is 26.9. The Labute approximate surface area is 256 Å². The molecule has 2 amide bonds. The highest BCUT2D eigenvalue weighted by atomic mass is 35.5. The molecule has 1 saturated carbocycles. The van der Waals surface area contributed by atoms with E-state index in [2.05, 4.69) is 14.9 Å². The highest BCUT2D eigenvalue weighted by Gasteiger charge is 2.59. The van der Waals surface area contributed by atoms with Crippen LogP contribution in [0.2, 0.25) is 5.15 Å². The van der Waals surface area contributed by atoms with E-state index in [1.54, 1.807) is 46.4 Å². The second-order valence-corrected chi connectivity index (χ2v) is 14.2. The van der Waals surface area contributed by atoms with Crippen molar-refractivity contribution in [1.29, 1.82) is 0 Å². The smallest absolute Gasteiger partial charge is 0.415 e. The zero-order valence-electron chi connectivity index (χ0n) is 26.1. The number of carbonyl (C=O) groups is 2. The Morgan fingerprint density at radius 2 is 1.86 bits per heavy atom. The molecular weight excluding hydrogens is 579 g/mol. The molecule has 236 valence electrons. The zero-order chi connectivity index (χ0) is 31.6. The van der Waals surface area contributed by atoms with Gasteiger partial charge in [-0.3, -0.25) is 9.80 Å². The quantitative estimate of drug-likeness (QED) is 0.424. The number of nitrogens with zero attached hydrogens (tertiary/aromatic N) is 5. The highest BCUT2D eigenvalue weighted by Crippen LogP contribution is 2.50. The number of nitrogens with two attached hydrogens (primary N) is 1. The predicted octanol–water partition coefficient (Wildman–Crippen LogP) is 5.62. The van der Waals surface area contributed by atoms with Crippen molar-refractivity contribution in [3.63, 3.8) is 0 Å². The van der Waals surface area contributed by atoms with Crippen LogP contribution < -0.4 is 15.4 Å². The Bertz CT molecular complexity index is 1430. The van der Waals surface area contributed by atoms with Gasteiger partial charge in [-0.15, -0.1) is 0 Å². The molecule has 3 unspecified atom stereocenters. The van der Waals surface area contributed by atoms with Gasteiger partial charge in [-0.1, -0.05) is 11.6 Å². The summed E-state index contributed by atoms with van der Waals surface area (Å²) in [7, 11) is 2.03. The number of nitrogen functional groups attached to an aromatic ring is 1. The molecule has 3 aliphatic heterocycles. The molecular formula is C30H42ClFN6O5. The molecule has 2 N–H and O–H groups in total. The maximum Gasteiger partial charge on any atom is 0.415 e. The Morgan fingerprint density at radius 3 is 2.47 bits per heavy atom. The van der Waals surface area contributed by atoms with E-state index in [0.29, 0.717) is 13.0 Å². The minimum Gasteiger partial charge on any atom is -0.471 e. The molecule has 2 aromatic rings. The first-order valence-corrected chi connectivity index (χ1v) is 15.2. The van der Waals surface area contributed by atoms with E-state index < -0.39 is 35.2 Å². The molecule has 2 bridgehead atoms. The van der Waals surface area contributed by atoms with Crippen LogP contribution in [0.1, 0.15) is 67.7 Å². The second kappa shape index (κ2) is 11.1. The summed E-state index contributed by atoms with van der Waals surface area (Å²) in [5, 5.41) is -0.188. The number of anilines is 2. The SMILES string of the molecule is C[C@H](Oc1nc2c(F)c(Cl)ncc2c(N(C(=O)OC(C)(C)C)C2C3CC2N(C(=O)OC(C)(C)C)C3)c1N)[C@@H]1CCCN1C. The average molecular weight is 621 g/mol. The van der Waals surface area contributed by atoms with Crippen LogP contribution in [0.5, 0.6) is 5.88 Å². The maximum atomic E-state index is 15.5. The van der Waals surface area contributed by atoms with Crippen LogP contribution in [0.25, 0.3) is 10.9 Å². The number of ether oxygens (including phenoxy) is 3. The number of hydrogen-bond donors (Lipinski definition) is 1. The van der Waals surface area contributed by atoms with E-state index in [1.807, 2.05) is 14.0 Å². The number of pyridine rings is 2. The van der Waals surface area contributed by atoms with Crippen LogP contribution in [0.3, 0.4) is 0 Å². The van der Waals surface area contributed by atoms with Crippen LogP contribution in [0.15, 0.2) is 6.20 Å². The molecule has 11 nitrogen and oxygen atoms in total. The monoisotopic (exact) mass is 620 g/mol. The Morgan fingerprint density at radius 1 is 1.19 bits per heavy atom. The van der Waals surface area contributed by atoms with Gasteiger partial charge in [0.2, 0.25) is 5.88 Å². The minimum atomic E-state index is -0.855. The molecule has 3 saturated heterocycles. The molecule has 0 spiro atoms. The lowest BCUT2D eigenvalue weighted by molar-refractivity contribution is 0.0216. The Balaban J connectivity index is 1.63. The van der Waals surface area contributed by atoms with Crippen molar-refractivity contribution in [2.45, 2.75) is 103 Å². The molecule has 2 aromatic heterocycles.